The van der Waals surface area contributed by atoms with Crippen LogP contribution in [0.2, 0.25) is 0 Å². The molecule has 0 aliphatic carbocycles. The number of hydrogen-bond donors (Lipinski definition) is 0. The number of rotatable bonds is 5. The van der Waals surface area contributed by atoms with Crippen molar-refractivity contribution >= 4 is 13.2 Å². The SMILES string of the molecule is COc1cccc(C2Oc3cccc(-c4c(OC)cccc4OC)c3P2C(C)(C)C)n1. The number of ether oxygens (including phenoxy) is 4. The predicted molar refractivity (Wildman–Crippen MR) is 125 cm³/mol. The summed E-state index contributed by atoms with van der Waals surface area (Å²) < 4.78 is 23.4. The molecule has 5 nitrogen and oxygen atoms in total. The molecule has 162 valence electrons. The third kappa shape index (κ3) is 3.83. The van der Waals surface area contributed by atoms with Crippen molar-refractivity contribution in [3.63, 3.8) is 0 Å². The van der Waals surface area contributed by atoms with Gasteiger partial charge in [0.25, 0.3) is 0 Å². The van der Waals surface area contributed by atoms with E-state index in [0.29, 0.717) is 5.88 Å². The maximum Gasteiger partial charge on any atom is 0.213 e. The maximum absolute atomic E-state index is 6.57. The lowest BCUT2D eigenvalue weighted by Crippen LogP contribution is -2.21. The molecule has 1 aromatic heterocycles. The van der Waals surface area contributed by atoms with E-state index >= 15 is 0 Å². The fraction of sp³-hybridized carbons (Fsp3) is 0.320. The van der Waals surface area contributed by atoms with Gasteiger partial charge in [-0.15, -0.1) is 0 Å². The van der Waals surface area contributed by atoms with Gasteiger partial charge in [0.2, 0.25) is 5.88 Å². The van der Waals surface area contributed by atoms with Gasteiger partial charge in [0.15, 0.2) is 5.85 Å². The molecule has 2 aromatic carbocycles. The van der Waals surface area contributed by atoms with Crippen molar-refractivity contribution in [2.75, 3.05) is 21.3 Å². The molecule has 2 heterocycles. The molecule has 3 aromatic rings. The first-order chi connectivity index (χ1) is 14.9. The molecule has 2 atom stereocenters. The molecule has 0 fully saturated rings. The summed E-state index contributed by atoms with van der Waals surface area (Å²) in [5.74, 6) is 2.87. The molecular weight excluding hydrogens is 409 g/mol. The molecule has 0 saturated heterocycles. The first-order valence-corrected chi connectivity index (χ1v) is 11.6. The Hall–Kier alpha value is -2.78. The van der Waals surface area contributed by atoms with Crippen LogP contribution >= 0.6 is 7.92 Å². The van der Waals surface area contributed by atoms with E-state index < -0.39 is 7.92 Å². The van der Waals surface area contributed by atoms with Gasteiger partial charge in [-0.1, -0.05) is 45.0 Å². The number of fused-ring (bicyclic) bond motifs is 1. The Labute approximate surface area is 185 Å². The van der Waals surface area contributed by atoms with Gasteiger partial charge in [-0.05, 0) is 37.3 Å². The monoisotopic (exact) mass is 437 g/mol. The summed E-state index contributed by atoms with van der Waals surface area (Å²) in [7, 11) is 4.22. The van der Waals surface area contributed by atoms with Crippen molar-refractivity contribution in [2.24, 2.45) is 0 Å². The maximum atomic E-state index is 6.57. The van der Waals surface area contributed by atoms with Crippen LogP contribution in [0.15, 0.2) is 54.6 Å². The second kappa shape index (κ2) is 8.39. The molecule has 2 unspecified atom stereocenters. The number of pyridine rings is 1. The third-order valence-electron chi connectivity index (χ3n) is 5.34. The topological polar surface area (TPSA) is 49.8 Å². The van der Waals surface area contributed by atoms with Crippen molar-refractivity contribution in [1.29, 1.82) is 0 Å². The van der Waals surface area contributed by atoms with Gasteiger partial charge in [-0.3, -0.25) is 0 Å². The van der Waals surface area contributed by atoms with Gasteiger partial charge in [0.05, 0.1) is 32.6 Å². The molecule has 0 radical (unpaired) electrons. The minimum Gasteiger partial charge on any atom is -0.496 e. The number of aromatic nitrogens is 1. The van der Waals surface area contributed by atoms with E-state index in [2.05, 4.69) is 26.8 Å². The van der Waals surface area contributed by atoms with Crippen molar-refractivity contribution in [3.05, 3.63) is 60.3 Å². The molecule has 0 saturated carbocycles. The largest absolute Gasteiger partial charge is 0.496 e. The molecule has 0 spiro atoms. The van der Waals surface area contributed by atoms with Crippen LogP contribution in [-0.4, -0.2) is 31.5 Å². The Morgan fingerprint density at radius 1 is 0.839 bits per heavy atom. The molecule has 6 heteroatoms. The molecule has 0 amide bonds. The van der Waals surface area contributed by atoms with Crippen LogP contribution in [0.1, 0.15) is 32.3 Å². The minimum atomic E-state index is -0.790. The number of hydrogen-bond acceptors (Lipinski definition) is 5. The molecule has 1 aliphatic rings. The second-order valence-electron chi connectivity index (χ2n) is 8.31. The van der Waals surface area contributed by atoms with Crippen LogP contribution in [-0.2, 0) is 0 Å². The van der Waals surface area contributed by atoms with E-state index in [9.17, 15) is 0 Å². The van der Waals surface area contributed by atoms with E-state index in [1.807, 2.05) is 48.5 Å². The lowest BCUT2D eigenvalue weighted by Gasteiger charge is -2.32. The van der Waals surface area contributed by atoms with Gasteiger partial charge in [-0.2, -0.15) is 0 Å². The first-order valence-electron chi connectivity index (χ1n) is 10.2. The van der Waals surface area contributed by atoms with Crippen molar-refractivity contribution in [1.82, 2.24) is 4.98 Å². The predicted octanol–water partition coefficient (Wildman–Crippen LogP) is 5.77. The lowest BCUT2D eigenvalue weighted by molar-refractivity contribution is 0.292. The summed E-state index contributed by atoms with van der Waals surface area (Å²) in [5.41, 5.74) is 2.91. The highest BCUT2D eigenvalue weighted by Gasteiger charge is 2.45. The fourth-order valence-electron chi connectivity index (χ4n) is 4.04. The summed E-state index contributed by atoms with van der Waals surface area (Å²) >= 11 is 0. The van der Waals surface area contributed by atoms with Crippen molar-refractivity contribution in [2.45, 2.75) is 31.8 Å². The van der Waals surface area contributed by atoms with Crippen LogP contribution in [0.5, 0.6) is 23.1 Å². The number of methoxy groups -OCH3 is 3. The van der Waals surface area contributed by atoms with Gasteiger partial charge in [-0.25, -0.2) is 4.98 Å². The van der Waals surface area contributed by atoms with Crippen LogP contribution < -0.4 is 24.3 Å². The first kappa shape index (κ1) is 21.5. The molecular formula is C25H28NO4P. The molecule has 4 rings (SSSR count). The van der Waals surface area contributed by atoms with E-state index in [0.717, 1.165) is 34.1 Å². The number of nitrogens with zero attached hydrogens (tertiary/aromatic N) is 1. The van der Waals surface area contributed by atoms with E-state index in [-0.39, 0.29) is 11.0 Å². The van der Waals surface area contributed by atoms with E-state index in [4.69, 9.17) is 23.9 Å². The summed E-state index contributed by atoms with van der Waals surface area (Å²) in [5, 5.41) is 1.18. The summed E-state index contributed by atoms with van der Waals surface area (Å²) in [4.78, 5) is 4.71. The summed E-state index contributed by atoms with van der Waals surface area (Å²) in [6.45, 7) is 6.79. The third-order valence-corrected chi connectivity index (χ3v) is 8.57. The standard InChI is InChI=1S/C25H28NO4P/c1-25(2,3)31-23-16(22-18(27-4)12-9-13-19(22)28-5)10-7-14-20(23)30-24(31)17-11-8-15-21(26-17)29-6/h7-15,24H,1-6H3. The van der Waals surface area contributed by atoms with Gasteiger partial charge >= 0.3 is 0 Å². The van der Waals surface area contributed by atoms with Crippen LogP contribution in [0, 0.1) is 0 Å². The van der Waals surface area contributed by atoms with E-state index in [1.165, 1.54) is 5.30 Å². The highest BCUT2D eigenvalue weighted by Crippen LogP contribution is 2.66. The summed E-state index contributed by atoms with van der Waals surface area (Å²) in [6.07, 6.45) is 0. The fourth-order valence-corrected chi connectivity index (χ4v) is 7.08. The molecule has 0 bridgehead atoms. The highest BCUT2D eigenvalue weighted by molar-refractivity contribution is 7.68. The normalized spacial score (nSPS) is 17.6. The molecule has 31 heavy (non-hydrogen) atoms. The summed E-state index contributed by atoms with van der Waals surface area (Å²) in [6, 6.07) is 17.9. The van der Waals surface area contributed by atoms with Crippen LogP contribution in [0.3, 0.4) is 0 Å². The lowest BCUT2D eigenvalue weighted by atomic mass is 10.0. The van der Waals surface area contributed by atoms with Crippen LogP contribution in [0.25, 0.3) is 11.1 Å². The Bertz CT molecular complexity index is 1070. The zero-order valence-corrected chi connectivity index (χ0v) is 19.7. The molecule has 0 N–H and O–H groups in total. The zero-order chi connectivity index (χ0) is 22.2. The Kier molecular flexibility index (Phi) is 5.81. The average Bonchev–Trinajstić information content (AvgIpc) is 3.19. The van der Waals surface area contributed by atoms with E-state index in [1.54, 1.807) is 21.3 Å². The Morgan fingerprint density at radius 2 is 1.48 bits per heavy atom. The smallest absolute Gasteiger partial charge is 0.213 e. The van der Waals surface area contributed by atoms with Gasteiger partial charge in [0, 0.05) is 16.9 Å². The second-order valence-corrected chi connectivity index (χ2v) is 11.3. The van der Waals surface area contributed by atoms with Gasteiger partial charge < -0.3 is 18.9 Å². The van der Waals surface area contributed by atoms with Gasteiger partial charge in [0.1, 0.15) is 17.2 Å². The Balaban J connectivity index is 1.94. The van der Waals surface area contributed by atoms with Crippen LogP contribution in [0.4, 0.5) is 0 Å². The van der Waals surface area contributed by atoms with Crippen molar-refractivity contribution in [3.8, 4) is 34.3 Å². The minimum absolute atomic E-state index is 0.0264. The quantitative estimate of drug-likeness (QED) is 0.474. The van der Waals surface area contributed by atoms with Crippen molar-refractivity contribution < 1.29 is 18.9 Å². The average molecular weight is 437 g/mol. The molecule has 1 aliphatic heterocycles. The zero-order valence-electron chi connectivity index (χ0n) is 18.8. The number of benzene rings is 2. The Morgan fingerprint density at radius 3 is 2.10 bits per heavy atom. The highest BCUT2D eigenvalue weighted by atomic mass is 31.1.